The molecular formula is C24H13F3N2O3S. The lowest BCUT2D eigenvalue weighted by Gasteiger charge is -2.23. The second kappa shape index (κ2) is 7.86. The Labute approximate surface area is 189 Å². The number of Topliss-reactive ketones (excluding diaryl/α,β-unsaturated/α-hetero) is 1. The first-order valence-corrected chi connectivity index (χ1v) is 10.5. The molecule has 0 spiro atoms. The van der Waals surface area contributed by atoms with Crippen molar-refractivity contribution in [1.29, 1.82) is 0 Å². The molecule has 1 fully saturated rings. The van der Waals surface area contributed by atoms with Gasteiger partial charge in [0.1, 0.15) is 29.3 Å². The van der Waals surface area contributed by atoms with Crippen LogP contribution >= 0.6 is 11.3 Å². The van der Waals surface area contributed by atoms with Crippen LogP contribution in [0.3, 0.4) is 0 Å². The Hall–Kier alpha value is -3.98. The molecule has 1 amide bonds. The molecule has 1 aromatic heterocycles. The molecule has 1 unspecified atom stereocenters. The Morgan fingerprint density at radius 1 is 0.939 bits per heavy atom. The summed E-state index contributed by atoms with van der Waals surface area (Å²) in [6.45, 7) is 0. The van der Waals surface area contributed by atoms with E-state index in [0.717, 1.165) is 28.4 Å². The quantitative estimate of drug-likeness (QED) is 0.251. The molecule has 0 radical (unpaired) electrons. The zero-order valence-corrected chi connectivity index (χ0v) is 17.4. The van der Waals surface area contributed by atoms with Crippen LogP contribution in [0.1, 0.15) is 17.2 Å². The smallest absolute Gasteiger partial charge is 0.301 e. The van der Waals surface area contributed by atoms with E-state index in [2.05, 4.69) is 4.98 Å². The molecule has 1 aliphatic heterocycles. The van der Waals surface area contributed by atoms with Gasteiger partial charge >= 0.3 is 5.91 Å². The number of hydrogen-bond donors (Lipinski definition) is 1. The number of benzene rings is 3. The van der Waals surface area contributed by atoms with Crippen LogP contribution in [0.25, 0.3) is 16.0 Å². The molecular weight excluding hydrogens is 453 g/mol. The summed E-state index contributed by atoms with van der Waals surface area (Å²) in [5.74, 6) is -4.94. The molecule has 164 valence electrons. The third-order valence-electron chi connectivity index (χ3n) is 5.29. The predicted octanol–water partition coefficient (Wildman–Crippen LogP) is 5.34. The van der Waals surface area contributed by atoms with Gasteiger partial charge in [-0.2, -0.15) is 0 Å². The van der Waals surface area contributed by atoms with Crippen LogP contribution in [-0.2, 0) is 9.59 Å². The predicted molar refractivity (Wildman–Crippen MR) is 117 cm³/mol. The number of anilines is 1. The molecule has 0 saturated carbocycles. The van der Waals surface area contributed by atoms with Crippen molar-refractivity contribution in [2.24, 2.45) is 0 Å². The zero-order chi connectivity index (χ0) is 23.3. The summed E-state index contributed by atoms with van der Waals surface area (Å²) in [6, 6.07) is 13.2. The fourth-order valence-corrected chi connectivity index (χ4v) is 4.81. The van der Waals surface area contributed by atoms with Gasteiger partial charge in [0.15, 0.2) is 5.13 Å². The topological polar surface area (TPSA) is 70.5 Å². The first-order chi connectivity index (χ1) is 15.8. The largest absolute Gasteiger partial charge is 0.507 e. The van der Waals surface area contributed by atoms with E-state index in [1.54, 1.807) is 18.2 Å². The SMILES string of the molecule is O=C1C(=O)N(c2nc3ccc(F)cc3s2)C(c2ccc(F)cc2F)C1=C(O)c1ccccc1. The van der Waals surface area contributed by atoms with E-state index in [0.29, 0.717) is 16.3 Å². The Bertz CT molecular complexity index is 1470. The average Bonchev–Trinajstić information content (AvgIpc) is 3.32. The zero-order valence-electron chi connectivity index (χ0n) is 16.6. The first kappa shape index (κ1) is 20.9. The fraction of sp³-hybridized carbons (Fsp3) is 0.0417. The van der Waals surface area contributed by atoms with Gasteiger partial charge in [0.05, 0.1) is 15.8 Å². The number of halogens is 3. The van der Waals surface area contributed by atoms with Crippen LogP contribution in [0.2, 0.25) is 0 Å². The molecule has 5 nitrogen and oxygen atoms in total. The molecule has 5 rings (SSSR count). The highest BCUT2D eigenvalue weighted by molar-refractivity contribution is 7.22. The number of carbonyl (C=O) groups excluding carboxylic acids is 2. The van der Waals surface area contributed by atoms with Gasteiger partial charge in [-0.1, -0.05) is 47.7 Å². The summed E-state index contributed by atoms with van der Waals surface area (Å²) in [7, 11) is 0. The van der Waals surface area contributed by atoms with Crippen LogP contribution in [0.5, 0.6) is 0 Å². The van der Waals surface area contributed by atoms with Gasteiger partial charge in [0, 0.05) is 17.2 Å². The van der Waals surface area contributed by atoms with Gasteiger partial charge in [-0.25, -0.2) is 18.2 Å². The van der Waals surface area contributed by atoms with Crippen molar-refractivity contribution in [2.75, 3.05) is 4.90 Å². The summed E-state index contributed by atoms with van der Waals surface area (Å²) in [4.78, 5) is 31.4. The number of thiazole rings is 1. The highest BCUT2D eigenvalue weighted by Crippen LogP contribution is 2.45. The molecule has 0 aliphatic carbocycles. The number of fused-ring (bicyclic) bond motifs is 1. The second-order valence-corrected chi connectivity index (χ2v) is 8.32. The van der Waals surface area contributed by atoms with Crippen molar-refractivity contribution < 1.29 is 27.9 Å². The van der Waals surface area contributed by atoms with Gasteiger partial charge in [0.2, 0.25) is 0 Å². The van der Waals surface area contributed by atoms with Crippen molar-refractivity contribution in [2.45, 2.75) is 6.04 Å². The number of aliphatic hydroxyl groups excluding tert-OH is 1. The molecule has 1 aliphatic rings. The lowest BCUT2D eigenvalue weighted by Crippen LogP contribution is -2.29. The van der Waals surface area contributed by atoms with Crippen LogP contribution in [0.15, 0.2) is 72.3 Å². The standard InChI is InChI=1S/C24H13F3N2O3S/c25-13-6-8-15(16(27)10-13)20-19(21(30)12-4-2-1-3-5-12)22(31)23(32)29(20)24-28-17-9-7-14(26)11-18(17)33-24/h1-11,20,30H. The van der Waals surface area contributed by atoms with E-state index in [-0.39, 0.29) is 21.8 Å². The lowest BCUT2D eigenvalue weighted by atomic mass is 9.95. The first-order valence-electron chi connectivity index (χ1n) is 9.72. The van der Waals surface area contributed by atoms with E-state index >= 15 is 0 Å². The summed E-state index contributed by atoms with van der Waals surface area (Å²) in [6.07, 6.45) is 0. The summed E-state index contributed by atoms with van der Waals surface area (Å²) < 4.78 is 42.6. The average molecular weight is 466 g/mol. The van der Waals surface area contributed by atoms with Gasteiger partial charge in [-0.3, -0.25) is 14.5 Å². The normalized spacial score (nSPS) is 17.8. The van der Waals surface area contributed by atoms with Gasteiger partial charge < -0.3 is 5.11 Å². The lowest BCUT2D eigenvalue weighted by molar-refractivity contribution is -0.132. The number of ketones is 1. The van der Waals surface area contributed by atoms with E-state index in [1.807, 2.05) is 0 Å². The molecule has 2 heterocycles. The molecule has 9 heteroatoms. The Balaban J connectivity index is 1.76. The number of carbonyl (C=O) groups is 2. The number of aromatic nitrogens is 1. The van der Waals surface area contributed by atoms with Gasteiger partial charge in [-0.05, 0) is 24.3 Å². The molecule has 1 N–H and O–H groups in total. The van der Waals surface area contributed by atoms with Crippen molar-refractivity contribution in [3.8, 4) is 0 Å². The van der Waals surface area contributed by atoms with Crippen LogP contribution in [-0.4, -0.2) is 21.8 Å². The molecule has 33 heavy (non-hydrogen) atoms. The van der Waals surface area contributed by atoms with E-state index in [1.165, 1.54) is 30.3 Å². The van der Waals surface area contributed by atoms with Crippen LogP contribution < -0.4 is 4.90 Å². The number of amides is 1. The maximum absolute atomic E-state index is 14.9. The number of aliphatic hydroxyl groups is 1. The van der Waals surface area contributed by atoms with E-state index in [4.69, 9.17) is 0 Å². The maximum Gasteiger partial charge on any atom is 0.301 e. The highest BCUT2D eigenvalue weighted by atomic mass is 32.1. The summed E-state index contributed by atoms with van der Waals surface area (Å²) in [5, 5.41) is 11.0. The third kappa shape index (κ3) is 3.46. The minimum atomic E-state index is -1.41. The molecule has 1 atom stereocenters. The molecule has 0 bridgehead atoms. The van der Waals surface area contributed by atoms with E-state index < -0.39 is 40.9 Å². The van der Waals surface area contributed by atoms with Crippen molar-refractivity contribution in [3.05, 3.63) is 101 Å². The van der Waals surface area contributed by atoms with Gasteiger partial charge in [0.25, 0.3) is 5.78 Å². The molecule has 3 aromatic carbocycles. The minimum absolute atomic E-state index is 0.0125. The summed E-state index contributed by atoms with van der Waals surface area (Å²) in [5.41, 5.74) is 0.0646. The Morgan fingerprint density at radius 2 is 1.64 bits per heavy atom. The van der Waals surface area contributed by atoms with Gasteiger partial charge in [-0.15, -0.1) is 0 Å². The number of rotatable bonds is 3. The summed E-state index contributed by atoms with van der Waals surface area (Å²) >= 11 is 0.932. The van der Waals surface area contributed by atoms with E-state index in [9.17, 15) is 27.9 Å². The van der Waals surface area contributed by atoms with Crippen LogP contribution in [0.4, 0.5) is 18.3 Å². The van der Waals surface area contributed by atoms with Crippen molar-refractivity contribution in [3.63, 3.8) is 0 Å². The molecule has 1 saturated heterocycles. The minimum Gasteiger partial charge on any atom is -0.507 e. The number of hydrogen-bond acceptors (Lipinski definition) is 5. The fourth-order valence-electron chi connectivity index (χ4n) is 3.79. The second-order valence-electron chi connectivity index (χ2n) is 7.31. The Kier molecular flexibility index (Phi) is 4.98. The van der Waals surface area contributed by atoms with Crippen molar-refractivity contribution >= 4 is 44.1 Å². The van der Waals surface area contributed by atoms with Crippen LogP contribution in [0, 0.1) is 17.5 Å². The third-order valence-corrected chi connectivity index (χ3v) is 6.31. The van der Waals surface area contributed by atoms with Crippen molar-refractivity contribution in [1.82, 2.24) is 4.98 Å². The number of nitrogens with zero attached hydrogens (tertiary/aromatic N) is 2. The molecule has 4 aromatic rings. The highest BCUT2D eigenvalue weighted by Gasteiger charge is 2.49. The maximum atomic E-state index is 14.9. The Morgan fingerprint density at radius 3 is 2.36 bits per heavy atom. The monoisotopic (exact) mass is 466 g/mol.